The maximum atomic E-state index is 13.3. The third kappa shape index (κ3) is 1.88. The lowest BCUT2D eigenvalue weighted by Gasteiger charge is -2.06. The first-order valence-corrected chi connectivity index (χ1v) is 4.60. The van der Waals surface area contributed by atoms with Crippen LogP contribution < -0.4 is 0 Å². The van der Waals surface area contributed by atoms with Gasteiger partial charge in [0.1, 0.15) is 11.6 Å². The molecule has 0 spiro atoms. The van der Waals surface area contributed by atoms with Gasteiger partial charge in [-0.1, -0.05) is 6.07 Å². The minimum atomic E-state index is -0.537. The molecule has 0 amide bonds. The fourth-order valence-electron chi connectivity index (χ4n) is 1.40. The fourth-order valence-corrected chi connectivity index (χ4v) is 1.40. The first-order valence-electron chi connectivity index (χ1n) is 4.60. The van der Waals surface area contributed by atoms with Crippen molar-refractivity contribution >= 4 is 0 Å². The predicted molar refractivity (Wildman–Crippen MR) is 52.4 cm³/mol. The number of benzene rings is 1. The molecule has 1 aromatic heterocycles. The van der Waals surface area contributed by atoms with Crippen LogP contribution in [0.15, 0.2) is 30.5 Å². The Hall–Kier alpha value is -1.71. The van der Waals surface area contributed by atoms with Crippen molar-refractivity contribution in [2.24, 2.45) is 0 Å². The van der Waals surface area contributed by atoms with Gasteiger partial charge in [-0.3, -0.25) is 4.68 Å². The molecule has 0 aliphatic rings. The first kappa shape index (κ1) is 9.83. The summed E-state index contributed by atoms with van der Waals surface area (Å²) >= 11 is 0. The van der Waals surface area contributed by atoms with E-state index in [0.29, 0.717) is 0 Å². The minimum absolute atomic E-state index is 0.0456. The Bertz CT molecular complexity index is 457. The van der Waals surface area contributed by atoms with E-state index in [-0.39, 0.29) is 12.1 Å². The normalized spacial score (nSPS) is 10.6. The van der Waals surface area contributed by atoms with Crippen LogP contribution in [0.4, 0.5) is 8.78 Å². The van der Waals surface area contributed by atoms with Crippen molar-refractivity contribution in [1.82, 2.24) is 9.78 Å². The molecular weight excluding hydrogens is 198 g/mol. The van der Waals surface area contributed by atoms with Gasteiger partial charge in [-0.05, 0) is 25.1 Å². The highest BCUT2D eigenvalue weighted by molar-refractivity contribution is 5.20. The molecule has 4 heteroatoms. The van der Waals surface area contributed by atoms with E-state index >= 15 is 0 Å². The summed E-state index contributed by atoms with van der Waals surface area (Å²) in [4.78, 5) is 0. The van der Waals surface area contributed by atoms with E-state index in [1.807, 2.05) is 6.92 Å². The lowest BCUT2D eigenvalue weighted by Crippen LogP contribution is -2.07. The molecule has 0 atom stereocenters. The van der Waals surface area contributed by atoms with Crippen LogP contribution in [-0.4, -0.2) is 9.78 Å². The van der Waals surface area contributed by atoms with Crippen molar-refractivity contribution in [3.05, 3.63) is 53.4 Å². The molecule has 0 N–H and O–H groups in total. The molecule has 0 aliphatic carbocycles. The molecule has 0 bridgehead atoms. The van der Waals surface area contributed by atoms with Crippen LogP contribution in [-0.2, 0) is 6.54 Å². The van der Waals surface area contributed by atoms with Crippen LogP contribution in [0.3, 0.4) is 0 Å². The van der Waals surface area contributed by atoms with Crippen molar-refractivity contribution in [3.8, 4) is 0 Å². The molecule has 0 aliphatic heterocycles. The Kier molecular flexibility index (Phi) is 2.49. The Labute approximate surface area is 86.2 Å². The summed E-state index contributed by atoms with van der Waals surface area (Å²) in [6, 6.07) is 5.64. The lowest BCUT2D eigenvalue weighted by atomic mass is 10.2. The zero-order chi connectivity index (χ0) is 10.8. The van der Waals surface area contributed by atoms with E-state index in [0.717, 1.165) is 5.69 Å². The first-order chi connectivity index (χ1) is 7.18. The monoisotopic (exact) mass is 208 g/mol. The summed E-state index contributed by atoms with van der Waals surface area (Å²) in [5, 5.41) is 3.98. The van der Waals surface area contributed by atoms with Crippen molar-refractivity contribution in [2.45, 2.75) is 13.5 Å². The van der Waals surface area contributed by atoms with Crippen molar-refractivity contribution in [2.75, 3.05) is 0 Å². The third-order valence-corrected chi connectivity index (χ3v) is 2.30. The molecule has 0 unspecified atom stereocenters. The highest BCUT2D eigenvalue weighted by Gasteiger charge is 2.09. The van der Waals surface area contributed by atoms with E-state index in [1.165, 1.54) is 18.2 Å². The summed E-state index contributed by atoms with van der Waals surface area (Å²) in [7, 11) is 0. The van der Waals surface area contributed by atoms with Gasteiger partial charge >= 0.3 is 0 Å². The molecule has 2 rings (SSSR count). The second kappa shape index (κ2) is 3.81. The maximum absolute atomic E-state index is 13.3. The van der Waals surface area contributed by atoms with Gasteiger partial charge in [0.05, 0.1) is 6.54 Å². The zero-order valence-corrected chi connectivity index (χ0v) is 8.24. The number of halogens is 2. The average Bonchev–Trinajstić information content (AvgIpc) is 2.58. The predicted octanol–water partition coefficient (Wildman–Crippen LogP) is 2.52. The highest BCUT2D eigenvalue weighted by atomic mass is 19.1. The van der Waals surface area contributed by atoms with Crippen LogP contribution in [0.1, 0.15) is 11.3 Å². The van der Waals surface area contributed by atoms with Crippen molar-refractivity contribution in [3.63, 3.8) is 0 Å². The Morgan fingerprint density at radius 2 is 1.87 bits per heavy atom. The molecule has 2 aromatic rings. The fraction of sp³-hybridized carbons (Fsp3) is 0.182. The molecule has 0 saturated carbocycles. The van der Waals surface area contributed by atoms with E-state index in [2.05, 4.69) is 5.10 Å². The zero-order valence-electron chi connectivity index (χ0n) is 8.24. The molecule has 1 heterocycles. The molecular formula is C11H10F2N2. The summed E-state index contributed by atoms with van der Waals surface area (Å²) < 4.78 is 28.1. The molecule has 78 valence electrons. The van der Waals surface area contributed by atoms with Gasteiger partial charge in [0.25, 0.3) is 0 Å². The van der Waals surface area contributed by atoms with E-state index in [1.54, 1.807) is 16.9 Å². The standard InChI is InChI=1S/C11H10F2N2/c1-8-5-6-14-15(8)7-9-10(12)3-2-4-11(9)13/h2-6H,7H2,1H3. The van der Waals surface area contributed by atoms with Gasteiger partial charge in [-0.25, -0.2) is 8.78 Å². The van der Waals surface area contributed by atoms with Crippen molar-refractivity contribution in [1.29, 1.82) is 0 Å². The number of nitrogens with zero attached hydrogens (tertiary/aromatic N) is 2. The molecule has 1 aromatic carbocycles. The van der Waals surface area contributed by atoms with Gasteiger partial charge in [0, 0.05) is 17.5 Å². The number of rotatable bonds is 2. The average molecular weight is 208 g/mol. The van der Waals surface area contributed by atoms with E-state index < -0.39 is 11.6 Å². The Morgan fingerprint density at radius 1 is 1.20 bits per heavy atom. The molecule has 15 heavy (non-hydrogen) atoms. The smallest absolute Gasteiger partial charge is 0.131 e. The van der Waals surface area contributed by atoms with Crippen molar-refractivity contribution < 1.29 is 8.78 Å². The minimum Gasteiger partial charge on any atom is -0.265 e. The number of aromatic nitrogens is 2. The van der Waals surface area contributed by atoms with Gasteiger partial charge < -0.3 is 0 Å². The maximum Gasteiger partial charge on any atom is 0.131 e. The summed E-state index contributed by atoms with van der Waals surface area (Å²) in [5.74, 6) is -1.07. The van der Waals surface area contributed by atoms with Gasteiger partial charge in [0.15, 0.2) is 0 Å². The quantitative estimate of drug-likeness (QED) is 0.741. The second-order valence-electron chi connectivity index (χ2n) is 3.33. The largest absolute Gasteiger partial charge is 0.265 e. The van der Waals surface area contributed by atoms with Crippen LogP contribution >= 0.6 is 0 Å². The molecule has 2 nitrogen and oxygen atoms in total. The van der Waals surface area contributed by atoms with Gasteiger partial charge in [0.2, 0.25) is 0 Å². The van der Waals surface area contributed by atoms with E-state index in [9.17, 15) is 8.78 Å². The number of hydrogen-bond donors (Lipinski definition) is 0. The van der Waals surface area contributed by atoms with Crippen LogP contribution in [0.2, 0.25) is 0 Å². The highest BCUT2D eigenvalue weighted by Crippen LogP contribution is 2.13. The molecule has 0 saturated heterocycles. The summed E-state index contributed by atoms with van der Waals surface area (Å²) in [5.41, 5.74) is 0.918. The van der Waals surface area contributed by atoms with Gasteiger partial charge in [-0.15, -0.1) is 0 Å². The Morgan fingerprint density at radius 3 is 2.40 bits per heavy atom. The molecule has 0 fully saturated rings. The lowest BCUT2D eigenvalue weighted by molar-refractivity contribution is 0.529. The summed E-state index contributed by atoms with van der Waals surface area (Å²) in [6.45, 7) is 1.96. The van der Waals surface area contributed by atoms with Gasteiger partial charge in [-0.2, -0.15) is 5.10 Å². The van der Waals surface area contributed by atoms with Crippen LogP contribution in [0.5, 0.6) is 0 Å². The number of hydrogen-bond acceptors (Lipinski definition) is 1. The topological polar surface area (TPSA) is 17.8 Å². The van der Waals surface area contributed by atoms with Crippen LogP contribution in [0, 0.1) is 18.6 Å². The summed E-state index contributed by atoms with van der Waals surface area (Å²) in [6.07, 6.45) is 1.61. The molecule has 0 radical (unpaired) electrons. The third-order valence-electron chi connectivity index (χ3n) is 2.30. The number of aryl methyl sites for hydroxylation is 1. The SMILES string of the molecule is Cc1ccnn1Cc1c(F)cccc1F. The second-order valence-corrected chi connectivity index (χ2v) is 3.33. The van der Waals surface area contributed by atoms with E-state index in [4.69, 9.17) is 0 Å². The Balaban J connectivity index is 2.36. The van der Waals surface area contributed by atoms with Crippen LogP contribution in [0.25, 0.3) is 0 Å².